The van der Waals surface area contributed by atoms with Gasteiger partial charge in [-0.25, -0.2) is 4.79 Å². The lowest BCUT2D eigenvalue weighted by atomic mass is 9.73. The van der Waals surface area contributed by atoms with Crippen LogP contribution in [0.2, 0.25) is 5.02 Å². The van der Waals surface area contributed by atoms with Crippen molar-refractivity contribution in [2.75, 3.05) is 44.6 Å². The summed E-state index contributed by atoms with van der Waals surface area (Å²) in [6, 6.07) is 6.38. The smallest absolute Gasteiger partial charge is 0.410 e. The normalized spacial score (nSPS) is 22.8. The largest absolute Gasteiger partial charge is 0.444 e. The van der Waals surface area contributed by atoms with E-state index in [4.69, 9.17) is 16.3 Å². The molecule has 1 spiro atoms. The average Bonchev–Trinajstić information content (AvgIpc) is 3.06. The number of aliphatic hydroxyl groups is 1. The summed E-state index contributed by atoms with van der Waals surface area (Å²) in [4.78, 5) is 16.6. The molecule has 1 aromatic rings. The van der Waals surface area contributed by atoms with Crippen LogP contribution in [0.3, 0.4) is 0 Å². The number of nitrogens with one attached hydrogen (secondary N) is 1. The van der Waals surface area contributed by atoms with E-state index in [-0.39, 0.29) is 24.2 Å². The number of carbonyl (C=O) groups excluding carboxylic acids is 1. The minimum atomic E-state index is -0.468. The highest BCUT2D eigenvalue weighted by molar-refractivity contribution is 6.30. The molecule has 4 rings (SSSR count). The third kappa shape index (κ3) is 4.81. The van der Waals surface area contributed by atoms with E-state index in [1.165, 1.54) is 11.3 Å². The monoisotopic (exact) mass is 449 g/mol. The lowest BCUT2D eigenvalue weighted by molar-refractivity contribution is 0.00187. The standard InChI is InChI=1S/C24H36ClN3O3/c1-23(2,3)31-22(30)28-10-6-17(7-11-28)21(15-29)27-12-8-24(9-13-27)16-26-20-14-18(25)4-5-19(20)24/h4-5,14,17,21,26,29H,6-13,15-16H2,1-3H3. The number of aliphatic hydroxyl groups excluding tert-OH is 1. The first kappa shape index (κ1) is 22.7. The van der Waals surface area contributed by atoms with Crippen molar-refractivity contribution in [3.63, 3.8) is 0 Å². The Hall–Kier alpha value is -1.50. The quantitative estimate of drug-likeness (QED) is 0.727. The second-order valence-corrected chi connectivity index (χ2v) is 10.9. The van der Waals surface area contributed by atoms with Gasteiger partial charge in [-0.3, -0.25) is 4.90 Å². The van der Waals surface area contributed by atoms with Gasteiger partial charge in [-0.15, -0.1) is 0 Å². The van der Waals surface area contributed by atoms with E-state index in [9.17, 15) is 9.90 Å². The predicted octanol–water partition coefficient (Wildman–Crippen LogP) is 4.11. The van der Waals surface area contributed by atoms with Crippen LogP contribution >= 0.6 is 11.6 Å². The van der Waals surface area contributed by atoms with Gasteiger partial charge in [0.1, 0.15) is 5.60 Å². The average molecular weight is 450 g/mol. The summed E-state index contributed by atoms with van der Waals surface area (Å²) in [6.45, 7) is 10.2. The number of carbonyl (C=O) groups is 1. The molecule has 3 aliphatic heterocycles. The van der Waals surface area contributed by atoms with Gasteiger partial charge in [0, 0.05) is 41.8 Å². The molecule has 2 saturated heterocycles. The maximum atomic E-state index is 12.4. The molecule has 2 N–H and O–H groups in total. The molecule has 172 valence electrons. The lowest BCUT2D eigenvalue weighted by Gasteiger charge is -2.46. The molecule has 1 atom stereocenters. The third-order valence-electron chi connectivity index (χ3n) is 7.32. The minimum absolute atomic E-state index is 0.164. The summed E-state index contributed by atoms with van der Waals surface area (Å²) in [5.41, 5.74) is 2.28. The first-order chi connectivity index (χ1) is 14.7. The van der Waals surface area contributed by atoms with Crippen LogP contribution in [0.25, 0.3) is 0 Å². The summed E-state index contributed by atoms with van der Waals surface area (Å²) >= 11 is 6.17. The van der Waals surface area contributed by atoms with Crippen LogP contribution in [0.5, 0.6) is 0 Å². The van der Waals surface area contributed by atoms with Gasteiger partial charge in [0.05, 0.1) is 6.61 Å². The second kappa shape index (κ2) is 8.80. The van der Waals surface area contributed by atoms with Crippen LogP contribution in [0, 0.1) is 5.92 Å². The zero-order valence-electron chi connectivity index (χ0n) is 19.0. The van der Waals surface area contributed by atoms with Gasteiger partial charge in [0.2, 0.25) is 0 Å². The van der Waals surface area contributed by atoms with E-state index in [0.717, 1.165) is 50.3 Å². The fraction of sp³-hybridized carbons (Fsp3) is 0.708. The number of benzene rings is 1. The van der Waals surface area contributed by atoms with Crippen molar-refractivity contribution in [3.05, 3.63) is 28.8 Å². The second-order valence-electron chi connectivity index (χ2n) is 10.4. The number of nitrogens with zero attached hydrogens (tertiary/aromatic N) is 2. The van der Waals surface area contributed by atoms with Crippen LogP contribution in [-0.4, -0.2) is 72.0 Å². The number of hydrogen-bond acceptors (Lipinski definition) is 5. The Morgan fingerprint density at radius 3 is 2.55 bits per heavy atom. The number of hydrogen-bond donors (Lipinski definition) is 2. The SMILES string of the molecule is CC(C)(C)OC(=O)N1CCC(C(CO)N2CCC3(CC2)CNc2cc(Cl)ccc23)CC1. The highest BCUT2D eigenvalue weighted by Crippen LogP contribution is 2.45. The van der Waals surface area contributed by atoms with Gasteiger partial charge in [-0.1, -0.05) is 17.7 Å². The highest BCUT2D eigenvalue weighted by Gasteiger charge is 2.43. The Balaban J connectivity index is 1.33. The molecule has 31 heavy (non-hydrogen) atoms. The van der Waals surface area contributed by atoms with E-state index in [1.54, 1.807) is 0 Å². The molecule has 0 aliphatic carbocycles. The van der Waals surface area contributed by atoms with E-state index < -0.39 is 5.60 Å². The number of halogens is 1. The van der Waals surface area contributed by atoms with Gasteiger partial charge >= 0.3 is 6.09 Å². The van der Waals surface area contributed by atoms with Crippen molar-refractivity contribution < 1.29 is 14.6 Å². The Bertz CT molecular complexity index is 794. The topological polar surface area (TPSA) is 65.0 Å². The maximum absolute atomic E-state index is 12.4. The first-order valence-corrected chi connectivity index (χ1v) is 12.0. The number of likely N-dealkylation sites (tertiary alicyclic amines) is 2. The lowest BCUT2D eigenvalue weighted by Crippen LogP contribution is -2.53. The molecule has 1 unspecified atom stereocenters. The Kier molecular flexibility index (Phi) is 6.44. The molecule has 6 nitrogen and oxygen atoms in total. The predicted molar refractivity (Wildman–Crippen MR) is 124 cm³/mol. The number of amides is 1. The van der Waals surface area contributed by atoms with Crippen molar-refractivity contribution in [2.45, 2.75) is 63.5 Å². The summed E-state index contributed by atoms with van der Waals surface area (Å²) in [6.07, 6.45) is 3.77. The van der Waals surface area contributed by atoms with Gasteiger partial charge < -0.3 is 20.1 Å². The van der Waals surface area contributed by atoms with E-state index in [0.29, 0.717) is 19.0 Å². The van der Waals surface area contributed by atoms with Crippen LogP contribution in [0.15, 0.2) is 18.2 Å². The Labute approximate surface area is 190 Å². The molecule has 7 heteroatoms. The van der Waals surface area contributed by atoms with Crippen molar-refractivity contribution in [1.82, 2.24) is 9.80 Å². The van der Waals surface area contributed by atoms with Crippen molar-refractivity contribution >= 4 is 23.4 Å². The molecular formula is C24H36ClN3O3. The van der Waals surface area contributed by atoms with Gasteiger partial charge in [0.25, 0.3) is 0 Å². The molecule has 0 aromatic heterocycles. The Morgan fingerprint density at radius 1 is 1.26 bits per heavy atom. The van der Waals surface area contributed by atoms with Gasteiger partial charge in [0.15, 0.2) is 0 Å². The highest BCUT2D eigenvalue weighted by atomic mass is 35.5. The van der Waals surface area contributed by atoms with Gasteiger partial charge in [-0.2, -0.15) is 0 Å². The number of fused-ring (bicyclic) bond motifs is 2. The fourth-order valence-electron chi connectivity index (χ4n) is 5.57. The van der Waals surface area contributed by atoms with E-state index in [2.05, 4.69) is 16.3 Å². The first-order valence-electron chi connectivity index (χ1n) is 11.6. The van der Waals surface area contributed by atoms with Crippen molar-refractivity contribution in [3.8, 4) is 0 Å². The molecule has 0 radical (unpaired) electrons. The van der Waals surface area contributed by atoms with E-state index >= 15 is 0 Å². The third-order valence-corrected chi connectivity index (χ3v) is 7.55. The zero-order valence-corrected chi connectivity index (χ0v) is 19.7. The molecular weight excluding hydrogens is 414 g/mol. The van der Waals surface area contributed by atoms with Crippen molar-refractivity contribution in [1.29, 1.82) is 0 Å². The number of anilines is 1. The minimum Gasteiger partial charge on any atom is -0.444 e. The van der Waals surface area contributed by atoms with Crippen LogP contribution in [0.4, 0.5) is 10.5 Å². The van der Waals surface area contributed by atoms with Gasteiger partial charge in [-0.05, 0) is 83.2 Å². The molecule has 2 fully saturated rings. The number of rotatable bonds is 3. The molecule has 3 heterocycles. The summed E-state index contributed by atoms with van der Waals surface area (Å²) in [7, 11) is 0. The fourth-order valence-corrected chi connectivity index (χ4v) is 5.74. The Morgan fingerprint density at radius 2 is 1.94 bits per heavy atom. The maximum Gasteiger partial charge on any atom is 0.410 e. The molecule has 3 aliphatic rings. The van der Waals surface area contributed by atoms with Crippen LogP contribution in [0.1, 0.15) is 52.0 Å². The summed E-state index contributed by atoms with van der Waals surface area (Å²) in [5.74, 6) is 0.408. The van der Waals surface area contributed by atoms with E-state index in [1.807, 2.05) is 37.8 Å². The molecule has 0 saturated carbocycles. The molecule has 1 aromatic carbocycles. The number of piperidine rings is 2. The van der Waals surface area contributed by atoms with Crippen molar-refractivity contribution in [2.24, 2.45) is 5.92 Å². The number of ether oxygens (including phenoxy) is 1. The summed E-state index contributed by atoms with van der Waals surface area (Å²) < 4.78 is 5.52. The van der Waals surface area contributed by atoms with Crippen LogP contribution in [-0.2, 0) is 10.2 Å². The zero-order chi connectivity index (χ0) is 22.2. The molecule has 0 bridgehead atoms. The molecule has 1 amide bonds. The summed E-state index contributed by atoms with van der Waals surface area (Å²) in [5, 5.41) is 14.6. The van der Waals surface area contributed by atoms with Crippen LogP contribution < -0.4 is 5.32 Å².